The van der Waals surface area contributed by atoms with Crippen LogP contribution in [0.4, 0.5) is 4.39 Å². The van der Waals surface area contributed by atoms with Gasteiger partial charge in [-0.05, 0) is 47.7 Å². The van der Waals surface area contributed by atoms with Gasteiger partial charge in [0.05, 0.1) is 7.11 Å². The number of ketones is 1. The van der Waals surface area contributed by atoms with Crippen LogP contribution in [0.15, 0.2) is 60.3 Å². The summed E-state index contributed by atoms with van der Waals surface area (Å²) < 4.78 is 18.2. The van der Waals surface area contributed by atoms with E-state index < -0.39 is 0 Å². The smallest absolute Gasteiger partial charge is 0.158 e. The quantitative estimate of drug-likeness (QED) is 0.904. The number of hydrogen-bond acceptors (Lipinski definition) is 3. The highest BCUT2D eigenvalue weighted by Crippen LogP contribution is 2.32. The maximum Gasteiger partial charge on any atom is 0.158 e. The number of rotatable bonds is 5. The molecule has 2 aromatic carbocycles. The highest BCUT2D eigenvalue weighted by Gasteiger charge is 2.22. The van der Waals surface area contributed by atoms with Crippen LogP contribution in [0.2, 0.25) is 0 Å². The third-order valence-electron chi connectivity index (χ3n) is 4.25. The van der Waals surface area contributed by atoms with Gasteiger partial charge in [0.1, 0.15) is 11.6 Å². The van der Waals surface area contributed by atoms with Gasteiger partial charge in [-0.2, -0.15) is 0 Å². The Labute approximate surface area is 141 Å². The summed E-state index contributed by atoms with van der Waals surface area (Å²) in [6.07, 6.45) is 2.97. The summed E-state index contributed by atoms with van der Waals surface area (Å²) in [5.41, 5.74) is 3.01. The van der Waals surface area contributed by atoms with Crippen molar-refractivity contribution < 1.29 is 13.9 Å². The molecule has 1 aliphatic carbocycles. The van der Waals surface area contributed by atoms with Crippen molar-refractivity contribution in [3.63, 3.8) is 0 Å². The van der Waals surface area contributed by atoms with Gasteiger partial charge < -0.3 is 10.1 Å². The SMILES string of the molecule is COc1cccc([C@H]2CC(=O)C=C(NCc3ccc(F)cc3)C2)c1. The maximum absolute atomic E-state index is 12.9. The second-order valence-corrected chi connectivity index (χ2v) is 6.00. The average Bonchev–Trinajstić information content (AvgIpc) is 2.61. The molecule has 0 fully saturated rings. The van der Waals surface area contributed by atoms with E-state index in [1.54, 1.807) is 25.3 Å². The van der Waals surface area contributed by atoms with Crippen LogP contribution in [0, 0.1) is 5.82 Å². The first-order valence-corrected chi connectivity index (χ1v) is 7.99. The van der Waals surface area contributed by atoms with Crippen molar-refractivity contribution in [1.29, 1.82) is 0 Å². The topological polar surface area (TPSA) is 38.3 Å². The predicted octanol–water partition coefficient (Wildman–Crippen LogP) is 3.95. The lowest BCUT2D eigenvalue weighted by atomic mass is 9.85. The van der Waals surface area contributed by atoms with Gasteiger partial charge in [0, 0.05) is 24.7 Å². The number of carbonyl (C=O) groups excluding carboxylic acids is 1. The van der Waals surface area contributed by atoms with E-state index in [2.05, 4.69) is 5.32 Å². The molecule has 24 heavy (non-hydrogen) atoms. The van der Waals surface area contributed by atoms with Crippen LogP contribution in [0.5, 0.6) is 5.75 Å². The first-order chi connectivity index (χ1) is 11.6. The van der Waals surface area contributed by atoms with Crippen LogP contribution in [-0.4, -0.2) is 12.9 Å². The summed E-state index contributed by atoms with van der Waals surface area (Å²) in [7, 11) is 1.64. The van der Waals surface area contributed by atoms with Gasteiger partial charge in [0.25, 0.3) is 0 Å². The van der Waals surface area contributed by atoms with Crippen LogP contribution < -0.4 is 10.1 Å². The van der Waals surface area contributed by atoms with Gasteiger partial charge in [-0.1, -0.05) is 24.3 Å². The zero-order chi connectivity index (χ0) is 16.9. The molecule has 1 N–H and O–H groups in total. The molecule has 4 heteroatoms. The number of ether oxygens (including phenoxy) is 1. The number of allylic oxidation sites excluding steroid dienone is 2. The fraction of sp³-hybridized carbons (Fsp3) is 0.250. The molecule has 0 aliphatic heterocycles. The van der Waals surface area contributed by atoms with Crippen LogP contribution in [0.3, 0.4) is 0 Å². The minimum atomic E-state index is -0.246. The van der Waals surface area contributed by atoms with Gasteiger partial charge in [0.15, 0.2) is 5.78 Å². The normalized spacial score (nSPS) is 17.3. The van der Waals surface area contributed by atoms with Crippen LogP contribution in [0.25, 0.3) is 0 Å². The minimum Gasteiger partial charge on any atom is -0.497 e. The fourth-order valence-corrected chi connectivity index (χ4v) is 2.96. The number of halogens is 1. The summed E-state index contributed by atoms with van der Waals surface area (Å²) in [6, 6.07) is 14.2. The molecule has 3 rings (SSSR count). The third-order valence-corrected chi connectivity index (χ3v) is 4.25. The van der Waals surface area contributed by atoms with E-state index in [4.69, 9.17) is 4.74 Å². The van der Waals surface area contributed by atoms with E-state index in [1.807, 2.05) is 24.3 Å². The number of benzene rings is 2. The van der Waals surface area contributed by atoms with E-state index in [-0.39, 0.29) is 17.5 Å². The molecule has 0 saturated carbocycles. The van der Waals surface area contributed by atoms with Crippen molar-refractivity contribution in [2.24, 2.45) is 0 Å². The standard InChI is InChI=1S/C20H20FNO2/c1-24-20-4-2-3-15(11-20)16-9-18(12-19(23)10-16)22-13-14-5-7-17(21)8-6-14/h2-8,11-12,16,22H,9-10,13H2,1H3/t16-/m1/s1. The first-order valence-electron chi connectivity index (χ1n) is 7.99. The Morgan fingerprint density at radius 2 is 1.96 bits per heavy atom. The average molecular weight is 325 g/mol. The van der Waals surface area contributed by atoms with Crippen molar-refractivity contribution in [1.82, 2.24) is 5.32 Å². The molecule has 0 amide bonds. The zero-order valence-corrected chi connectivity index (χ0v) is 13.6. The maximum atomic E-state index is 12.9. The summed E-state index contributed by atoms with van der Waals surface area (Å²) >= 11 is 0. The van der Waals surface area contributed by atoms with Crippen molar-refractivity contribution in [3.05, 3.63) is 77.2 Å². The molecule has 0 aromatic heterocycles. The predicted molar refractivity (Wildman–Crippen MR) is 91.3 cm³/mol. The molecule has 0 radical (unpaired) electrons. The molecule has 1 aliphatic rings. The fourth-order valence-electron chi connectivity index (χ4n) is 2.96. The molecule has 124 valence electrons. The van der Waals surface area contributed by atoms with Crippen LogP contribution in [0.1, 0.15) is 29.9 Å². The highest BCUT2D eigenvalue weighted by molar-refractivity contribution is 5.92. The van der Waals surface area contributed by atoms with Crippen molar-refractivity contribution >= 4 is 5.78 Å². The Bertz CT molecular complexity index is 752. The molecule has 1 atom stereocenters. The monoisotopic (exact) mass is 325 g/mol. The lowest BCUT2D eigenvalue weighted by Gasteiger charge is -2.23. The molecular weight excluding hydrogens is 305 g/mol. The van der Waals surface area contributed by atoms with Crippen LogP contribution in [-0.2, 0) is 11.3 Å². The Morgan fingerprint density at radius 3 is 2.71 bits per heavy atom. The largest absolute Gasteiger partial charge is 0.497 e. The summed E-state index contributed by atoms with van der Waals surface area (Å²) in [5, 5.41) is 3.30. The molecule has 2 aromatic rings. The van der Waals surface area contributed by atoms with Crippen molar-refractivity contribution in [2.75, 3.05) is 7.11 Å². The molecule has 0 bridgehead atoms. The number of carbonyl (C=O) groups is 1. The highest BCUT2D eigenvalue weighted by atomic mass is 19.1. The third kappa shape index (κ3) is 4.02. The summed E-state index contributed by atoms with van der Waals surface area (Å²) in [4.78, 5) is 12.1. The van der Waals surface area contributed by atoms with Gasteiger partial charge in [-0.25, -0.2) is 4.39 Å². The first kappa shape index (κ1) is 16.2. The van der Waals surface area contributed by atoms with E-state index in [0.29, 0.717) is 13.0 Å². The van der Waals surface area contributed by atoms with E-state index in [0.717, 1.165) is 29.0 Å². The molecule has 0 saturated heterocycles. The minimum absolute atomic E-state index is 0.121. The molecule has 0 spiro atoms. The zero-order valence-electron chi connectivity index (χ0n) is 13.6. The summed E-state index contributed by atoms with van der Waals surface area (Å²) in [6.45, 7) is 0.574. The molecular formula is C20H20FNO2. The van der Waals surface area contributed by atoms with E-state index in [9.17, 15) is 9.18 Å². The lowest BCUT2D eigenvalue weighted by molar-refractivity contribution is -0.115. The Morgan fingerprint density at radius 1 is 1.17 bits per heavy atom. The van der Waals surface area contributed by atoms with Crippen molar-refractivity contribution in [3.8, 4) is 5.75 Å². The number of nitrogens with one attached hydrogen (secondary N) is 1. The molecule has 0 heterocycles. The van der Waals surface area contributed by atoms with E-state index >= 15 is 0 Å². The van der Waals surface area contributed by atoms with Crippen LogP contribution >= 0.6 is 0 Å². The van der Waals surface area contributed by atoms with Crippen molar-refractivity contribution in [2.45, 2.75) is 25.3 Å². The Hall–Kier alpha value is -2.62. The summed E-state index contributed by atoms with van der Waals surface area (Å²) in [5.74, 6) is 0.822. The molecule has 0 unspecified atom stereocenters. The Kier molecular flexibility index (Phi) is 4.94. The second-order valence-electron chi connectivity index (χ2n) is 6.00. The van der Waals surface area contributed by atoms with Gasteiger partial charge in [-0.3, -0.25) is 4.79 Å². The number of methoxy groups -OCH3 is 1. The Balaban J connectivity index is 1.68. The van der Waals surface area contributed by atoms with Gasteiger partial charge >= 0.3 is 0 Å². The van der Waals surface area contributed by atoms with Gasteiger partial charge in [-0.15, -0.1) is 0 Å². The lowest BCUT2D eigenvalue weighted by Crippen LogP contribution is -2.22. The molecule has 3 nitrogen and oxygen atoms in total. The second kappa shape index (κ2) is 7.30. The van der Waals surface area contributed by atoms with E-state index in [1.165, 1.54) is 12.1 Å². The number of hydrogen-bond donors (Lipinski definition) is 1. The van der Waals surface area contributed by atoms with Gasteiger partial charge in [0.2, 0.25) is 0 Å².